The van der Waals surface area contributed by atoms with Crippen molar-refractivity contribution < 1.29 is 19.8 Å². The second-order valence-electron chi connectivity index (χ2n) is 4.34. The van der Waals surface area contributed by atoms with E-state index in [-0.39, 0.29) is 4.44 Å². The van der Waals surface area contributed by atoms with Crippen molar-refractivity contribution in [2.45, 2.75) is 60.2 Å². The van der Waals surface area contributed by atoms with E-state index >= 15 is 0 Å². The molecule has 5 heteroatoms. The molecule has 98 valence electrons. The molecule has 4 nitrogen and oxygen atoms in total. The average molecular weight is 349 g/mol. The Morgan fingerprint density at radius 1 is 1.06 bits per heavy atom. The Labute approximate surface area is 113 Å². The number of hydrogen-bond donors (Lipinski definition) is 2. The fourth-order valence-corrected chi connectivity index (χ4v) is 5.64. The first kappa shape index (κ1) is 16.7. The minimum atomic E-state index is -1.42. The van der Waals surface area contributed by atoms with Crippen molar-refractivity contribution in [2.24, 2.45) is 0 Å². The van der Waals surface area contributed by atoms with Crippen LogP contribution in [0, 0.1) is 0 Å². The van der Waals surface area contributed by atoms with Gasteiger partial charge in [0.1, 0.15) is 0 Å². The van der Waals surface area contributed by atoms with Crippen LogP contribution in [0.5, 0.6) is 0 Å². The van der Waals surface area contributed by atoms with E-state index in [1.165, 1.54) is 0 Å². The van der Waals surface area contributed by atoms with E-state index in [4.69, 9.17) is 5.11 Å². The number of carboxylic acid groups (broad SMARTS) is 2. The Morgan fingerprint density at radius 2 is 1.53 bits per heavy atom. The SMILES string of the molecule is CCCC[C](CCCC)([Sn][CH2]C(=O)O)C(=O)O. The van der Waals surface area contributed by atoms with Crippen LogP contribution in [0.2, 0.25) is 7.87 Å². The first-order chi connectivity index (χ1) is 7.98. The van der Waals surface area contributed by atoms with E-state index < -0.39 is 36.5 Å². The van der Waals surface area contributed by atoms with Crippen molar-refractivity contribution >= 4 is 33.1 Å². The summed E-state index contributed by atoms with van der Waals surface area (Å²) in [6, 6.07) is 0. The third-order valence-corrected chi connectivity index (χ3v) is 8.24. The fraction of sp³-hybridized carbons (Fsp3) is 0.833. The summed E-state index contributed by atoms with van der Waals surface area (Å²) in [5, 5.41) is 18.2. The number of rotatable bonds is 10. The van der Waals surface area contributed by atoms with Crippen LogP contribution in [0.1, 0.15) is 52.4 Å². The van der Waals surface area contributed by atoms with Gasteiger partial charge in [0, 0.05) is 0 Å². The van der Waals surface area contributed by atoms with Gasteiger partial charge in [-0.05, 0) is 0 Å². The number of aliphatic carboxylic acids is 2. The van der Waals surface area contributed by atoms with Gasteiger partial charge in [0.25, 0.3) is 0 Å². The summed E-state index contributed by atoms with van der Waals surface area (Å²) in [5.74, 6) is -1.59. The van der Waals surface area contributed by atoms with Gasteiger partial charge in [-0.1, -0.05) is 0 Å². The van der Waals surface area contributed by atoms with Gasteiger partial charge in [-0.2, -0.15) is 0 Å². The van der Waals surface area contributed by atoms with Crippen LogP contribution >= 0.6 is 0 Å². The average Bonchev–Trinajstić information content (AvgIpc) is 2.28. The summed E-state index contributed by atoms with van der Waals surface area (Å²) in [6.07, 6.45) is 5.03. The third-order valence-electron chi connectivity index (χ3n) is 2.90. The Hall–Kier alpha value is -0.261. The standard InChI is InChI=1S/C10H19O2.C2H3O2.Sn/c1-3-5-7-9(10(11)12)8-6-4-2;1-2(3)4;/h3-8H2,1-2H3,(H,11,12);1H2,(H,3,4);. The fourth-order valence-electron chi connectivity index (χ4n) is 1.79. The summed E-state index contributed by atoms with van der Waals surface area (Å²) in [5.41, 5.74) is 0. The quantitative estimate of drug-likeness (QED) is 0.595. The molecule has 0 bridgehead atoms. The molecule has 0 saturated heterocycles. The van der Waals surface area contributed by atoms with Gasteiger partial charge in [0.2, 0.25) is 0 Å². The molecule has 2 radical (unpaired) electrons. The van der Waals surface area contributed by atoms with E-state index in [1.807, 2.05) is 13.8 Å². The minimum absolute atomic E-state index is 0.114. The molecule has 0 spiro atoms. The third kappa shape index (κ3) is 6.29. The van der Waals surface area contributed by atoms with Crippen LogP contribution in [0.25, 0.3) is 0 Å². The molecule has 0 aliphatic carbocycles. The Balaban J connectivity index is 4.68. The molecule has 0 heterocycles. The summed E-state index contributed by atoms with van der Waals surface area (Å²) in [6.45, 7) is 4.07. The van der Waals surface area contributed by atoms with Crippen LogP contribution < -0.4 is 0 Å². The molecule has 0 rings (SSSR count). The Bertz CT molecular complexity index is 245. The summed E-state index contributed by atoms with van der Waals surface area (Å²) < 4.78 is -0.545. The molecule has 17 heavy (non-hydrogen) atoms. The van der Waals surface area contributed by atoms with Crippen LogP contribution in [0.15, 0.2) is 0 Å². The second-order valence-corrected chi connectivity index (χ2v) is 9.09. The van der Waals surface area contributed by atoms with E-state index in [2.05, 4.69) is 0 Å². The molecule has 0 aliphatic rings. The van der Waals surface area contributed by atoms with Gasteiger partial charge in [-0.15, -0.1) is 0 Å². The van der Waals surface area contributed by atoms with Gasteiger partial charge < -0.3 is 0 Å². The van der Waals surface area contributed by atoms with Crippen molar-refractivity contribution in [2.75, 3.05) is 0 Å². The first-order valence-corrected chi connectivity index (χ1v) is 9.63. The maximum absolute atomic E-state index is 11.5. The van der Waals surface area contributed by atoms with Gasteiger partial charge in [-0.25, -0.2) is 0 Å². The topological polar surface area (TPSA) is 74.6 Å². The number of carbonyl (C=O) groups is 2. The van der Waals surface area contributed by atoms with E-state index in [0.29, 0.717) is 12.8 Å². The summed E-state index contributed by atoms with van der Waals surface area (Å²) in [4.78, 5) is 22.2. The molecule has 0 atom stereocenters. The first-order valence-electron chi connectivity index (χ1n) is 6.18. The van der Waals surface area contributed by atoms with Crippen LogP contribution in [-0.4, -0.2) is 43.3 Å². The zero-order valence-corrected chi connectivity index (χ0v) is 13.5. The molecular weight excluding hydrogens is 327 g/mol. The van der Waals surface area contributed by atoms with Crippen molar-refractivity contribution in [3.8, 4) is 0 Å². The monoisotopic (exact) mass is 350 g/mol. The van der Waals surface area contributed by atoms with Crippen molar-refractivity contribution in [1.29, 1.82) is 0 Å². The van der Waals surface area contributed by atoms with Gasteiger partial charge in [0.05, 0.1) is 0 Å². The molecule has 0 amide bonds. The van der Waals surface area contributed by atoms with Crippen molar-refractivity contribution in [1.82, 2.24) is 0 Å². The van der Waals surface area contributed by atoms with E-state index in [0.717, 1.165) is 25.7 Å². The number of hydrogen-bond acceptors (Lipinski definition) is 2. The zero-order chi connectivity index (χ0) is 13.3. The molecular formula is C12H22O4Sn. The molecule has 2 N–H and O–H groups in total. The molecule has 0 aromatic heterocycles. The molecule has 0 saturated carbocycles. The molecule has 0 aromatic carbocycles. The Kier molecular flexibility index (Phi) is 8.64. The maximum atomic E-state index is 11.5. The molecule has 0 aliphatic heterocycles. The normalized spacial score (nSPS) is 11.4. The van der Waals surface area contributed by atoms with E-state index in [9.17, 15) is 14.7 Å². The summed E-state index contributed by atoms with van der Waals surface area (Å²) in [7, 11) is 0. The van der Waals surface area contributed by atoms with Crippen molar-refractivity contribution in [3.05, 3.63) is 0 Å². The predicted octanol–water partition coefficient (Wildman–Crippen LogP) is 2.82. The van der Waals surface area contributed by atoms with Gasteiger partial charge in [0.15, 0.2) is 0 Å². The predicted molar refractivity (Wildman–Crippen MR) is 67.6 cm³/mol. The van der Waals surface area contributed by atoms with Crippen LogP contribution in [-0.2, 0) is 9.59 Å². The second kappa shape index (κ2) is 8.78. The zero-order valence-electron chi connectivity index (χ0n) is 10.7. The Morgan fingerprint density at radius 3 is 1.82 bits per heavy atom. The number of unbranched alkanes of at least 4 members (excludes halogenated alkanes) is 2. The van der Waals surface area contributed by atoms with Gasteiger partial charge in [-0.3, -0.25) is 0 Å². The number of carboxylic acids is 2. The molecule has 0 fully saturated rings. The van der Waals surface area contributed by atoms with Crippen molar-refractivity contribution in [3.63, 3.8) is 0 Å². The van der Waals surface area contributed by atoms with E-state index in [1.54, 1.807) is 0 Å². The van der Waals surface area contributed by atoms with Crippen LogP contribution in [0.3, 0.4) is 0 Å². The molecule has 0 aromatic rings. The van der Waals surface area contributed by atoms with Gasteiger partial charge >= 0.3 is 113 Å². The summed E-state index contributed by atoms with van der Waals surface area (Å²) >= 11 is -1.42. The molecule has 0 unspecified atom stereocenters. The van der Waals surface area contributed by atoms with Crippen LogP contribution in [0.4, 0.5) is 0 Å².